The molecule has 4 nitrogen and oxygen atoms in total. The fourth-order valence-corrected chi connectivity index (χ4v) is 2.80. The van der Waals surface area contributed by atoms with E-state index in [1.807, 2.05) is 7.05 Å². The molecule has 1 amide bonds. The smallest absolute Gasteiger partial charge is 0.254 e. The first kappa shape index (κ1) is 14.6. The Morgan fingerprint density at radius 1 is 1.32 bits per heavy atom. The van der Waals surface area contributed by atoms with Gasteiger partial charge in [-0.15, -0.1) is 0 Å². The molecule has 0 unspecified atom stereocenters. The summed E-state index contributed by atoms with van der Waals surface area (Å²) in [6.07, 6.45) is 1.98. The summed E-state index contributed by atoms with van der Waals surface area (Å²) in [5.41, 5.74) is 0.492. The minimum absolute atomic E-state index is 0.0549. The monoisotopic (exact) mass is 301 g/mol. The van der Waals surface area contributed by atoms with E-state index in [1.54, 1.807) is 17.0 Å². The van der Waals surface area contributed by atoms with Crippen molar-refractivity contribution >= 4 is 29.1 Å². The van der Waals surface area contributed by atoms with Gasteiger partial charge in [0.05, 0.1) is 0 Å². The summed E-state index contributed by atoms with van der Waals surface area (Å²) < 4.78 is 0. The van der Waals surface area contributed by atoms with Crippen molar-refractivity contribution in [2.45, 2.75) is 18.9 Å². The third-order valence-electron chi connectivity index (χ3n) is 3.57. The van der Waals surface area contributed by atoms with Crippen LogP contribution in [0.2, 0.25) is 10.3 Å². The minimum atomic E-state index is -0.0549. The van der Waals surface area contributed by atoms with Crippen LogP contribution in [-0.2, 0) is 0 Å². The van der Waals surface area contributed by atoms with E-state index in [1.165, 1.54) is 0 Å². The Morgan fingerprint density at radius 3 is 2.37 bits per heavy atom. The van der Waals surface area contributed by atoms with E-state index in [9.17, 15) is 4.79 Å². The van der Waals surface area contributed by atoms with Crippen LogP contribution in [0.25, 0.3) is 0 Å². The molecule has 1 saturated heterocycles. The number of rotatable bonds is 2. The molecule has 1 aliphatic heterocycles. The van der Waals surface area contributed by atoms with Gasteiger partial charge in [-0.05, 0) is 45.1 Å². The molecule has 104 valence electrons. The van der Waals surface area contributed by atoms with Crippen molar-refractivity contribution in [2.24, 2.45) is 0 Å². The van der Waals surface area contributed by atoms with Crippen molar-refractivity contribution in [3.05, 3.63) is 28.0 Å². The van der Waals surface area contributed by atoms with Crippen molar-refractivity contribution in [3.8, 4) is 0 Å². The third kappa shape index (κ3) is 3.59. The van der Waals surface area contributed by atoms with Gasteiger partial charge in [0, 0.05) is 18.7 Å². The largest absolute Gasteiger partial charge is 0.339 e. The molecule has 6 heteroatoms. The number of carbonyl (C=O) groups is 1. The third-order valence-corrected chi connectivity index (χ3v) is 3.95. The zero-order valence-corrected chi connectivity index (χ0v) is 12.6. The topological polar surface area (TPSA) is 36.4 Å². The molecule has 0 aromatic carbocycles. The molecule has 1 aromatic rings. The van der Waals surface area contributed by atoms with Crippen LogP contribution >= 0.6 is 23.2 Å². The van der Waals surface area contributed by atoms with Crippen LogP contribution in [0.3, 0.4) is 0 Å². The second-order valence-corrected chi connectivity index (χ2v) is 5.73. The molecule has 0 bridgehead atoms. The van der Waals surface area contributed by atoms with Crippen molar-refractivity contribution in [1.29, 1.82) is 0 Å². The summed E-state index contributed by atoms with van der Waals surface area (Å²) in [4.78, 5) is 20.3. The fourth-order valence-electron chi connectivity index (χ4n) is 2.34. The number of hydrogen-bond acceptors (Lipinski definition) is 3. The highest BCUT2D eigenvalue weighted by Crippen LogP contribution is 2.20. The number of carbonyl (C=O) groups excluding carboxylic acids is 1. The number of pyridine rings is 1. The first-order valence-corrected chi connectivity index (χ1v) is 7.02. The Hall–Kier alpha value is -0.840. The minimum Gasteiger partial charge on any atom is -0.339 e. The summed E-state index contributed by atoms with van der Waals surface area (Å²) >= 11 is 11.7. The highest BCUT2D eigenvalue weighted by Gasteiger charge is 2.25. The van der Waals surface area contributed by atoms with Crippen LogP contribution in [0.15, 0.2) is 12.1 Å². The van der Waals surface area contributed by atoms with E-state index in [2.05, 4.69) is 16.9 Å². The van der Waals surface area contributed by atoms with Gasteiger partial charge < -0.3 is 9.80 Å². The van der Waals surface area contributed by atoms with Gasteiger partial charge in [-0.2, -0.15) is 0 Å². The zero-order valence-electron chi connectivity index (χ0n) is 11.1. The van der Waals surface area contributed by atoms with Crippen molar-refractivity contribution in [3.63, 3.8) is 0 Å². The van der Waals surface area contributed by atoms with Crippen LogP contribution in [0.5, 0.6) is 0 Å². The lowest BCUT2D eigenvalue weighted by molar-refractivity contribution is 0.0659. The Labute approximate surface area is 123 Å². The van der Waals surface area contributed by atoms with Crippen LogP contribution in [0, 0.1) is 0 Å². The van der Waals surface area contributed by atoms with E-state index in [0.29, 0.717) is 5.56 Å². The van der Waals surface area contributed by atoms with Gasteiger partial charge in [0.15, 0.2) is 0 Å². The molecule has 0 saturated carbocycles. The average Bonchev–Trinajstić information content (AvgIpc) is 2.37. The molecular weight excluding hydrogens is 285 g/mol. The average molecular weight is 302 g/mol. The molecule has 19 heavy (non-hydrogen) atoms. The predicted molar refractivity (Wildman–Crippen MR) is 76.9 cm³/mol. The molecule has 1 aliphatic rings. The Bertz CT molecular complexity index is 453. The van der Waals surface area contributed by atoms with E-state index in [-0.39, 0.29) is 22.3 Å². The fraction of sp³-hybridized carbons (Fsp3) is 0.538. The van der Waals surface area contributed by atoms with Gasteiger partial charge in [0.2, 0.25) is 0 Å². The van der Waals surface area contributed by atoms with E-state index >= 15 is 0 Å². The maximum Gasteiger partial charge on any atom is 0.254 e. The highest BCUT2D eigenvalue weighted by molar-refractivity contribution is 6.33. The Morgan fingerprint density at radius 2 is 1.84 bits per heavy atom. The number of nitrogens with zero attached hydrogens (tertiary/aromatic N) is 3. The van der Waals surface area contributed by atoms with Crippen LogP contribution < -0.4 is 0 Å². The number of amides is 1. The lowest BCUT2D eigenvalue weighted by Gasteiger charge is -2.35. The van der Waals surface area contributed by atoms with Gasteiger partial charge in [0.25, 0.3) is 5.91 Å². The van der Waals surface area contributed by atoms with E-state index in [0.717, 1.165) is 25.9 Å². The Balaban J connectivity index is 2.10. The Kier molecular flexibility index (Phi) is 4.66. The van der Waals surface area contributed by atoms with Gasteiger partial charge in [-0.25, -0.2) is 4.98 Å². The molecule has 2 heterocycles. The maximum absolute atomic E-state index is 12.4. The molecule has 1 fully saturated rings. The number of piperidine rings is 1. The number of aromatic nitrogens is 1. The highest BCUT2D eigenvalue weighted by atomic mass is 35.5. The standard InChI is InChI=1S/C13H17Cl2N3O/c1-17-5-3-10(4-6-17)18(2)13(19)9-7-11(14)16-12(15)8-9/h7-8,10H,3-6H2,1-2H3. The molecule has 1 aromatic heterocycles. The van der Waals surface area contributed by atoms with E-state index in [4.69, 9.17) is 23.2 Å². The number of hydrogen-bond donors (Lipinski definition) is 0. The molecule has 0 spiro atoms. The summed E-state index contributed by atoms with van der Waals surface area (Å²) in [7, 11) is 3.93. The summed E-state index contributed by atoms with van der Waals surface area (Å²) in [5.74, 6) is -0.0549. The van der Waals surface area contributed by atoms with Gasteiger partial charge >= 0.3 is 0 Å². The first-order chi connectivity index (χ1) is 8.97. The molecule has 0 N–H and O–H groups in total. The quantitative estimate of drug-likeness (QED) is 0.788. The SMILES string of the molecule is CN1CCC(N(C)C(=O)c2cc(Cl)nc(Cl)c2)CC1. The van der Waals surface area contributed by atoms with Crippen LogP contribution in [-0.4, -0.2) is 53.9 Å². The van der Waals surface area contributed by atoms with Gasteiger partial charge in [-0.3, -0.25) is 4.79 Å². The van der Waals surface area contributed by atoms with E-state index < -0.39 is 0 Å². The molecule has 0 radical (unpaired) electrons. The zero-order chi connectivity index (χ0) is 14.0. The first-order valence-electron chi connectivity index (χ1n) is 6.26. The summed E-state index contributed by atoms with van der Waals surface area (Å²) in [6.45, 7) is 2.03. The second kappa shape index (κ2) is 6.07. The lowest BCUT2D eigenvalue weighted by Crippen LogP contribution is -2.44. The predicted octanol–water partition coefficient (Wildman–Crippen LogP) is 2.55. The van der Waals surface area contributed by atoms with Crippen molar-refractivity contribution in [1.82, 2.24) is 14.8 Å². The maximum atomic E-state index is 12.4. The summed E-state index contributed by atoms with van der Waals surface area (Å²) in [6, 6.07) is 3.39. The van der Waals surface area contributed by atoms with Crippen LogP contribution in [0.1, 0.15) is 23.2 Å². The van der Waals surface area contributed by atoms with Gasteiger partial charge in [-0.1, -0.05) is 23.2 Å². The van der Waals surface area contributed by atoms with Crippen LogP contribution in [0.4, 0.5) is 0 Å². The molecular formula is C13H17Cl2N3O. The molecule has 0 atom stereocenters. The normalized spacial score (nSPS) is 17.5. The number of halogens is 2. The molecule has 0 aliphatic carbocycles. The number of likely N-dealkylation sites (tertiary alicyclic amines) is 1. The van der Waals surface area contributed by atoms with Crippen molar-refractivity contribution < 1.29 is 4.79 Å². The molecule has 2 rings (SSSR count). The second-order valence-electron chi connectivity index (χ2n) is 4.95. The lowest BCUT2D eigenvalue weighted by atomic mass is 10.0. The van der Waals surface area contributed by atoms with Gasteiger partial charge in [0.1, 0.15) is 10.3 Å². The van der Waals surface area contributed by atoms with Crippen molar-refractivity contribution in [2.75, 3.05) is 27.2 Å². The summed E-state index contributed by atoms with van der Waals surface area (Å²) in [5, 5.41) is 0.486.